The van der Waals surface area contributed by atoms with Gasteiger partial charge in [0.1, 0.15) is 0 Å². The van der Waals surface area contributed by atoms with Crippen LogP contribution in [0, 0.1) is 11.8 Å². The molecular formula is C14H28N4O2S. The average molecular weight is 316 g/mol. The zero-order valence-corrected chi connectivity index (χ0v) is 13.9. The number of nitrogens with one attached hydrogen (secondary N) is 3. The molecule has 2 atom stereocenters. The summed E-state index contributed by atoms with van der Waals surface area (Å²) in [6.07, 6.45) is 4.68. The van der Waals surface area contributed by atoms with Crippen molar-refractivity contribution in [2.24, 2.45) is 16.8 Å². The van der Waals surface area contributed by atoms with Crippen LogP contribution < -0.4 is 15.4 Å². The Bertz CT molecular complexity index is 460. The van der Waals surface area contributed by atoms with E-state index >= 15 is 0 Å². The maximum absolute atomic E-state index is 11.9. The van der Waals surface area contributed by atoms with Gasteiger partial charge in [0.05, 0.1) is 12.3 Å². The SMILES string of the molecule is CCNC(=NCCS(=O)(=O)NCC1CCC1)NC1CC1C. The van der Waals surface area contributed by atoms with Gasteiger partial charge in [0.15, 0.2) is 5.96 Å². The van der Waals surface area contributed by atoms with Gasteiger partial charge in [-0.2, -0.15) is 0 Å². The molecule has 0 aromatic heterocycles. The normalized spacial score (nSPS) is 26.3. The van der Waals surface area contributed by atoms with Gasteiger partial charge in [0, 0.05) is 19.1 Å². The lowest BCUT2D eigenvalue weighted by atomic mass is 9.86. The summed E-state index contributed by atoms with van der Waals surface area (Å²) in [4.78, 5) is 4.35. The number of nitrogens with zero attached hydrogens (tertiary/aromatic N) is 1. The molecule has 2 unspecified atom stereocenters. The van der Waals surface area contributed by atoms with Crippen LogP contribution >= 0.6 is 0 Å². The van der Waals surface area contributed by atoms with Crippen LogP contribution in [0.15, 0.2) is 4.99 Å². The van der Waals surface area contributed by atoms with Crippen molar-refractivity contribution in [2.45, 2.75) is 45.6 Å². The Morgan fingerprint density at radius 1 is 1.33 bits per heavy atom. The molecule has 21 heavy (non-hydrogen) atoms. The summed E-state index contributed by atoms with van der Waals surface area (Å²) in [5.41, 5.74) is 0. The molecule has 2 aliphatic rings. The molecule has 0 amide bonds. The average Bonchev–Trinajstić information content (AvgIpc) is 3.02. The summed E-state index contributed by atoms with van der Waals surface area (Å²) < 4.78 is 26.4. The largest absolute Gasteiger partial charge is 0.357 e. The minimum atomic E-state index is -3.20. The highest BCUT2D eigenvalue weighted by atomic mass is 32.2. The van der Waals surface area contributed by atoms with Gasteiger partial charge < -0.3 is 10.6 Å². The van der Waals surface area contributed by atoms with Gasteiger partial charge >= 0.3 is 0 Å². The Hall–Kier alpha value is -0.820. The molecule has 3 N–H and O–H groups in total. The van der Waals surface area contributed by atoms with E-state index in [1.54, 1.807) is 0 Å². The van der Waals surface area contributed by atoms with Crippen LogP contribution in [0.2, 0.25) is 0 Å². The van der Waals surface area contributed by atoms with Gasteiger partial charge in [-0.3, -0.25) is 4.99 Å². The molecular weight excluding hydrogens is 288 g/mol. The quantitative estimate of drug-likeness (QED) is 0.454. The molecule has 122 valence electrons. The zero-order valence-electron chi connectivity index (χ0n) is 13.1. The second kappa shape index (κ2) is 7.45. The predicted molar refractivity (Wildman–Crippen MR) is 85.8 cm³/mol. The van der Waals surface area contributed by atoms with E-state index in [9.17, 15) is 8.42 Å². The van der Waals surface area contributed by atoms with Crippen molar-refractivity contribution < 1.29 is 8.42 Å². The van der Waals surface area contributed by atoms with Crippen molar-refractivity contribution in [3.8, 4) is 0 Å². The highest BCUT2D eigenvalue weighted by Gasteiger charge is 2.33. The van der Waals surface area contributed by atoms with E-state index < -0.39 is 10.0 Å². The lowest BCUT2D eigenvalue weighted by molar-refractivity contribution is 0.316. The van der Waals surface area contributed by atoms with Crippen LogP contribution in [-0.4, -0.2) is 45.8 Å². The Labute approximate surface area is 128 Å². The summed E-state index contributed by atoms with van der Waals surface area (Å²) in [7, 11) is -3.20. The first-order valence-electron chi connectivity index (χ1n) is 8.02. The van der Waals surface area contributed by atoms with Crippen molar-refractivity contribution in [3.05, 3.63) is 0 Å². The Balaban J connectivity index is 1.71. The van der Waals surface area contributed by atoms with Gasteiger partial charge in [-0.25, -0.2) is 13.1 Å². The van der Waals surface area contributed by atoms with Gasteiger partial charge in [-0.05, 0) is 38.0 Å². The Morgan fingerprint density at radius 3 is 2.57 bits per heavy atom. The lowest BCUT2D eigenvalue weighted by Gasteiger charge is -2.25. The molecule has 0 bridgehead atoms. The van der Waals surface area contributed by atoms with Crippen LogP contribution in [0.5, 0.6) is 0 Å². The highest BCUT2D eigenvalue weighted by molar-refractivity contribution is 7.89. The summed E-state index contributed by atoms with van der Waals surface area (Å²) in [6.45, 7) is 5.85. The number of hydrogen-bond acceptors (Lipinski definition) is 3. The molecule has 0 saturated heterocycles. The summed E-state index contributed by atoms with van der Waals surface area (Å²) in [6, 6.07) is 0.483. The van der Waals surface area contributed by atoms with Crippen molar-refractivity contribution in [2.75, 3.05) is 25.4 Å². The second-order valence-corrected chi connectivity index (χ2v) is 8.12. The van der Waals surface area contributed by atoms with Crippen LogP contribution in [-0.2, 0) is 10.0 Å². The number of rotatable bonds is 8. The van der Waals surface area contributed by atoms with E-state index in [0.717, 1.165) is 31.8 Å². The third-order valence-corrected chi connectivity index (χ3v) is 5.55. The topological polar surface area (TPSA) is 82.6 Å². The molecule has 2 saturated carbocycles. The molecule has 0 radical (unpaired) electrons. The van der Waals surface area contributed by atoms with Gasteiger partial charge in [-0.1, -0.05) is 13.3 Å². The molecule has 7 heteroatoms. The zero-order chi connectivity index (χ0) is 15.3. The number of aliphatic imine (C=N–C) groups is 1. The van der Waals surface area contributed by atoms with Gasteiger partial charge in [0.2, 0.25) is 10.0 Å². The molecule has 2 rings (SSSR count). The van der Waals surface area contributed by atoms with Crippen LogP contribution in [0.1, 0.15) is 39.5 Å². The molecule has 0 heterocycles. The van der Waals surface area contributed by atoms with Crippen molar-refractivity contribution in [1.29, 1.82) is 0 Å². The number of guanidine groups is 1. The molecule has 0 spiro atoms. The predicted octanol–water partition coefficient (Wildman–Crippen LogP) is 0.669. The molecule has 2 fully saturated rings. The van der Waals surface area contributed by atoms with Gasteiger partial charge in [0.25, 0.3) is 0 Å². The Morgan fingerprint density at radius 2 is 2.05 bits per heavy atom. The van der Waals surface area contributed by atoms with Crippen molar-refractivity contribution in [3.63, 3.8) is 0 Å². The molecule has 6 nitrogen and oxygen atoms in total. The fourth-order valence-electron chi connectivity index (χ4n) is 2.31. The fraction of sp³-hybridized carbons (Fsp3) is 0.929. The van der Waals surface area contributed by atoms with Crippen molar-refractivity contribution >= 4 is 16.0 Å². The van der Waals surface area contributed by atoms with Crippen LogP contribution in [0.25, 0.3) is 0 Å². The monoisotopic (exact) mass is 316 g/mol. The summed E-state index contributed by atoms with van der Waals surface area (Å²) in [5, 5.41) is 6.47. The smallest absolute Gasteiger partial charge is 0.213 e. The maximum atomic E-state index is 11.9. The fourth-order valence-corrected chi connectivity index (χ4v) is 3.28. The summed E-state index contributed by atoms with van der Waals surface area (Å²) in [5.74, 6) is 2.00. The van der Waals surface area contributed by atoms with Crippen molar-refractivity contribution in [1.82, 2.24) is 15.4 Å². The van der Waals surface area contributed by atoms with E-state index in [-0.39, 0.29) is 12.3 Å². The van der Waals surface area contributed by atoms with E-state index in [1.807, 2.05) is 6.92 Å². The molecule has 2 aliphatic carbocycles. The van der Waals surface area contributed by atoms with E-state index in [1.165, 1.54) is 6.42 Å². The first kappa shape index (κ1) is 16.5. The van der Waals surface area contributed by atoms with E-state index in [2.05, 4.69) is 27.3 Å². The first-order chi connectivity index (χ1) is 10.00. The van der Waals surface area contributed by atoms with Crippen LogP contribution in [0.3, 0.4) is 0 Å². The standard InChI is InChI=1S/C14H28N4O2S/c1-3-15-14(18-13-9-11(13)2)16-7-8-21(19,20)17-10-12-5-4-6-12/h11-13,17H,3-10H2,1-2H3,(H2,15,16,18). The molecule has 0 aliphatic heterocycles. The molecule has 0 aromatic carbocycles. The molecule has 0 aromatic rings. The van der Waals surface area contributed by atoms with E-state index in [4.69, 9.17) is 0 Å². The summed E-state index contributed by atoms with van der Waals surface area (Å²) >= 11 is 0. The first-order valence-corrected chi connectivity index (χ1v) is 9.67. The highest BCUT2D eigenvalue weighted by Crippen LogP contribution is 2.28. The van der Waals surface area contributed by atoms with E-state index in [0.29, 0.717) is 24.4 Å². The maximum Gasteiger partial charge on any atom is 0.213 e. The minimum Gasteiger partial charge on any atom is -0.357 e. The number of sulfonamides is 1. The second-order valence-electron chi connectivity index (χ2n) is 6.19. The van der Waals surface area contributed by atoms with Gasteiger partial charge in [-0.15, -0.1) is 0 Å². The number of hydrogen-bond donors (Lipinski definition) is 3. The Kier molecular flexibility index (Phi) is 5.87. The lowest BCUT2D eigenvalue weighted by Crippen LogP contribution is -2.40. The van der Waals surface area contributed by atoms with Crippen LogP contribution in [0.4, 0.5) is 0 Å². The third kappa shape index (κ3) is 5.82. The third-order valence-electron chi connectivity index (χ3n) is 4.22. The minimum absolute atomic E-state index is 0.0521.